The molecule has 2 aromatic carbocycles. The SMILES string of the molecule is CCCc1cc(Cl)ccc1C1COc2ccc3cc2N(C1)CC1CCC1C(C1OCCCO1)CCCC(C)C(C)S(=O)NC3=O.CN(C)C1CNC1. The van der Waals surface area contributed by atoms with Gasteiger partial charge in [-0.1, -0.05) is 44.4 Å². The van der Waals surface area contributed by atoms with Crippen molar-refractivity contribution in [2.75, 3.05) is 65.0 Å². The van der Waals surface area contributed by atoms with Crippen LogP contribution in [0.25, 0.3) is 0 Å². The van der Waals surface area contributed by atoms with Crippen LogP contribution in [0.2, 0.25) is 5.02 Å². The molecule has 7 rings (SSSR count). The highest BCUT2D eigenvalue weighted by Crippen LogP contribution is 2.47. The predicted octanol–water partition coefficient (Wildman–Crippen LogP) is 6.80. The fourth-order valence-corrected chi connectivity index (χ4v) is 9.67. The molecule has 11 heteroatoms. The van der Waals surface area contributed by atoms with Gasteiger partial charge in [-0.15, -0.1) is 0 Å². The van der Waals surface area contributed by atoms with Gasteiger partial charge >= 0.3 is 0 Å². The number of carbonyl (C=O) groups is 1. The Hall–Kier alpha value is -2.21. The van der Waals surface area contributed by atoms with E-state index in [4.69, 9.17) is 25.8 Å². The summed E-state index contributed by atoms with van der Waals surface area (Å²) in [5, 5.41) is 3.81. The molecule has 5 aliphatic rings. The van der Waals surface area contributed by atoms with Crippen molar-refractivity contribution >= 4 is 34.2 Å². The van der Waals surface area contributed by atoms with E-state index in [0.717, 1.165) is 87.3 Å². The molecule has 4 aliphatic heterocycles. The number of carbonyl (C=O) groups excluding carboxylic acids is 1. The van der Waals surface area contributed by atoms with Crippen LogP contribution in [-0.2, 0) is 26.9 Å². The first-order chi connectivity index (χ1) is 25.1. The van der Waals surface area contributed by atoms with Crippen molar-refractivity contribution in [3.63, 3.8) is 0 Å². The van der Waals surface area contributed by atoms with Gasteiger partial charge in [0.1, 0.15) is 16.7 Å². The summed E-state index contributed by atoms with van der Waals surface area (Å²) in [4.78, 5) is 18.1. The molecule has 288 valence electrons. The van der Waals surface area contributed by atoms with Gasteiger partial charge in [-0.05, 0) is 119 Å². The highest BCUT2D eigenvalue weighted by Gasteiger charge is 2.43. The molecule has 1 amide bonds. The molecule has 3 fully saturated rings. The van der Waals surface area contributed by atoms with Gasteiger partial charge in [0.05, 0.1) is 30.8 Å². The molecule has 0 aromatic heterocycles. The molecule has 7 atom stereocenters. The monoisotopic (exact) mass is 756 g/mol. The highest BCUT2D eigenvalue weighted by molar-refractivity contribution is 7.84. The number of fused-ring (bicyclic) bond motifs is 2. The van der Waals surface area contributed by atoms with Crippen molar-refractivity contribution in [3.8, 4) is 5.75 Å². The molecular weight excluding hydrogens is 696 g/mol. The number of likely N-dealkylation sites (N-methyl/N-ethyl adjacent to an activating group) is 1. The number of rotatable bonds is 5. The summed E-state index contributed by atoms with van der Waals surface area (Å²) in [6, 6.07) is 12.7. The molecule has 1 saturated carbocycles. The van der Waals surface area contributed by atoms with Crippen LogP contribution in [-0.4, -0.2) is 92.7 Å². The average Bonchev–Trinajstić information content (AvgIpc) is 3.27. The first-order valence-electron chi connectivity index (χ1n) is 19.7. The van der Waals surface area contributed by atoms with Crippen LogP contribution in [0.5, 0.6) is 5.75 Å². The maximum absolute atomic E-state index is 13.4. The summed E-state index contributed by atoms with van der Waals surface area (Å²) in [5.41, 5.74) is 4.00. The number of hydrogen-bond acceptors (Lipinski definition) is 8. The average molecular weight is 757 g/mol. The van der Waals surface area contributed by atoms with E-state index in [1.165, 1.54) is 37.1 Å². The maximum Gasteiger partial charge on any atom is 0.263 e. The Labute approximate surface area is 319 Å². The van der Waals surface area contributed by atoms with Gasteiger partial charge in [-0.3, -0.25) is 9.52 Å². The number of nitrogens with zero attached hydrogens (tertiary/aromatic N) is 2. The third-order valence-electron chi connectivity index (χ3n) is 12.2. The number of anilines is 1. The van der Waals surface area contributed by atoms with E-state index in [0.29, 0.717) is 29.9 Å². The van der Waals surface area contributed by atoms with Crippen LogP contribution in [0.4, 0.5) is 5.69 Å². The van der Waals surface area contributed by atoms with Crippen molar-refractivity contribution in [3.05, 3.63) is 58.1 Å². The molecule has 7 unspecified atom stereocenters. The van der Waals surface area contributed by atoms with Crippen molar-refractivity contribution < 1.29 is 23.2 Å². The van der Waals surface area contributed by atoms with Crippen LogP contribution >= 0.6 is 11.6 Å². The normalized spacial score (nSPS) is 30.4. The quantitative estimate of drug-likeness (QED) is 0.345. The predicted molar refractivity (Wildman–Crippen MR) is 211 cm³/mol. The fraction of sp³-hybridized carbons (Fsp3) is 0.683. The minimum atomic E-state index is -1.49. The molecule has 0 radical (unpaired) electrons. The van der Waals surface area contributed by atoms with Crippen LogP contribution in [0.3, 0.4) is 0 Å². The Balaban J connectivity index is 0.000000594. The second kappa shape index (κ2) is 18.4. The lowest BCUT2D eigenvalue weighted by Gasteiger charge is -2.47. The Bertz CT molecular complexity index is 1520. The molecule has 4 heterocycles. The lowest BCUT2D eigenvalue weighted by Crippen LogP contribution is -2.54. The Morgan fingerprint density at radius 3 is 2.40 bits per heavy atom. The number of halogens is 1. The molecule has 1 aliphatic carbocycles. The van der Waals surface area contributed by atoms with E-state index in [1.54, 1.807) is 6.07 Å². The van der Waals surface area contributed by atoms with E-state index < -0.39 is 11.0 Å². The minimum absolute atomic E-state index is 0.147. The van der Waals surface area contributed by atoms with Crippen LogP contribution in [0.15, 0.2) is 36.4 Å². The first kappa shape index (κ1) is 39.5. The van der Waals surface area contributed by atoms with Crippen molar-refractivity contribution in [1.82, 2.24) is 14.9 Å². The smallest absolute Gasteiger partial charge is 0.263 e. The molecule has 0 spiro atoms. The zero-order valence-electron chi connectivity index (χ0n) is 31.9. The number of aryl methyl sites for hydroxylation is 1. The van der Waals surface area contributed by atoms with Crippen molar-refractivity contribution in [1.29, 1.82) is 0 Å². The van der Waals surface area contributed by atoms with E-state index in [1.807, 2.05) is 25.1 Å². The number of ether oxygens (including phenoxy) is 3. The molecule has 2 bridgehead atoms. The van der Waals surface area contributed by atoms with Crippen molar-refractivity contribution in [2.45, 2.75) is 95.6 Å². The molecule has 9 nitrogen and oxygen atoms in total. The lowest BCUT2D eigenvalue weighted by molar-refractivity contribution is -0.224. The summed E-state index contributed by atoms with van der Waals surface area (Å²) in [6.07, 6.45) is 8.14. The fourth-order valence-electron chi connectivity index (χ4n) is 8.43. The van der Waals surface area contributed by atoms with Crippen molar-refractivity contribution in [2.24, 2.45) is 23.7 Å². The lowest BCUT2D eigenvalue weighted by atomic mass is 9.65. The van der Waals surface area contributed by atoms with Crippen LogP contribution in [0.1, 0.15) is 93.1 Å². The summed E-state index contributed by atoms with van der Waals surface area (Å²) in [7, 11) is 2.74. The van der Waals surface area contributed by atoms with Crippen LogP contribution in [0, 0.1) is 23.7 Å². The maximum atomic E-state index is 13.4. The Kier molecular flexibility index (Phi) is 14.0. The third kappa shape index (κ3) is 9.53. The summed E-state index contributed by atoms with van der Waals surface area (Å²) in [5.74, 6) is 2.17. The highest BCUT2D eigenvalue weighted by atomic mass is 35.5. The van der Waals surface area contributed by atoms with Gasteiger partial charge in [0.2, 0.25) is 0 Å². The van der Waals surface area contributed by atoms with Gasteiger partial charge < -0.3 is 29.3 Å². The van der Waals surface area contributed by atoms with E-state index in [2.05, 4.69) is 59.9 Å². The minimum Gasteiger partial charge on any atom is -0.491 e. The Morgan fingerprint density at radius 1 is 0.962 bits per heavy atom. The number of hydrogen-bond donors (Lipinski definition) is 2. The molecule has 2 saturated heterocycles. The summed E-state index contributed by atoms with van der Waals surface area (Å²) < 4.78 is 35.1. The van der Waals surface area contributed by atoms with E-state index in [9.17, 15) is 9.00 Å². The molecule has 2 aromatic rings. The second-order valence-electron chi connectivity index (χ2n) is 15.9. The zero-order chi connectivity index (χ0) is 36.8. The zero-order valence-corrected chi connectivity index (χ0v) is 33.5. The second-order valence-corrected chi connectivity index (χ2v) is 17.9. The van der Waals surface area contributed by atoms with Gasteiger partial charge in [-0.25, -0.2) is 4.21 Å². The van der Waals surface area contributed by atoms with E-state index >= 15 is 0 Å². The van der Waals surface area contributed by atoms with Crippen LogP contribution < -0.4 is 19.7 Å². The summed E-state index contributed by atoms with van der Waals surface area (Å²) in [6.45, 7) is 12.4. The summed E-state index contributed by atoms with van der Waals surface area (Å²) >= 11 is 6.45. The first-order valence-corrected chi connectivity index (χ1v) is 21.3. The number of amides is 1. The largest absolute Gasteiger partial charge is 0.491 e. The standard InChI is InChI=1S/C36H49ClN2O5S.C5H12N2/c1-4-7-25-18-29(37)12-14-30(25)28-21-39-20-27-10-13-31(27)32(36-42-16-6-17-43-36)9-5-8-23(2)24(3)45(41)38-35(40)26-11-15-34(44-22-28)33(39)19-26;1-7(2)5-3-6-4-5/h11-12,14-15,18-19,23-24,27-28,31-32,36H,4-10,13,16-17,20-22H2,1-3H3,(H,38,40);5-6H,3-4H2,1-2H3. The number of nitrogens with one attached hydrogen (secondary N) is 2. The molecule has 2 N–H and O–H groups in total. The molecular formula is C41H61ClN4O5S. The molecule has 52 heavy (non-hydrogen) atoms. The van der Waals surface area contributed by atoms with Gasteiger partial charge in [0, 0.05) is 54.6 Å². The Morgan fingerprint density at radius 2 is 1.75 bits per heavy atom. The van der Waals surface area contributed by atoms with Gasteiger partial charge in [0.25, 0.3) is 5.91 Å². The van der Waals surface area contributed by atoms with Gasteiger partial charge in [-0.2, -0.15) is 0 Å². The number of benzene rings is 2. The topological polar surface area (TPSA) is 92.4 Å². The van der Waals surface area contributed by atoms with E-state index in [-0.39, 0.29) is 29.3 Å². The van der Waals surface area contributed by atoms with Gasteiger partial charge in [0.15, 0.2) is 6.29 Å². The third-order valence-corrected chi connectivity index (χ3v) is 14.0.